The lowest BCUT2D eigenvalue weighted by Crippen LogP contribution is -1.91. The van der Waals surface area contributed by atoms with E-state index < -0.39 is 0 Å². The number of benzene rings is 1. The molecule has 0 bridgehead atoms. The van der Waals surface area contributed by atoms with Crippen LogP contribution in [0.2, 0.25) is 0 Å². The molecule has 5 nitrogen and oxygen atoms in total. The lowest BCUT2D eigenvalue weighted by molar-refractivity contribution is 0.471. The molecule has 0 aliphatic rings. The SMILES string of the molecule is CSc1nsc(NN=Cc2cc(Br)cc(Br)c2O)c1C#N. The van der Waals surface area contributed by atoms with Gasteiger partial charge in [-0.05, 0) is 45.9 Å². The van der Waals surface area contributed by atoms with Crippen LogP contribution in [0.1, 0.15) is 11.1 Å². The van der Waals surface area contributed by atoms with Gasteiger partial charge in [-0.25, -0.2) is 0 Å². The Balaban J connectivity index is 2.21. The highest BCUT2D eigenvalue weighted by Gasteiger charge is 2.12. The molecule has 0 saturated carbocycles. The molecular formula is C12H8Br2N4OS2. The summed E-state index contributed by atoms with van der Waals surface area (Å²) in [6.07, 6.45) is 3.34. The summed E-state index contributed by atoms with van der Waals surface area (Å²) < 4.78 is 5.54. The molecule has 21 heavy (non-hydrogen) atoms. The van der Waals surface area contributed by atoms with Crippen LogP contribution in [0.4, 0.5) is 5.00 Å². The van der Waals surface area contributed by atoms with Gasteiger partial charge in [0.15, 0.2) is 0 Å². The Bertz CT molecular complexity index is 740. The predicted molar refractivity (Wildman–Crippen MR) is 93.3 cm³/mol. The van der Waals surface area contributed by atoms with E-state index in [1.807, 2.05) is 6.26 Å². The first-order valence-electron chi connectivity index (χ1n) is 5.47. The van der Waals surface area contributed by atoms with E-state index in [0.29, 0.717) is 25.6 Å². The summed E-state index contributed by atoms with van der Waals surface area (Å²) in [6.45, 7) is 0. The average Bonchev–Trinajstić information content (AvgIpc) is 2.86. The molecule has 0 fully saturated rings. The molecule has 0 unspecified atom stereocenters. The van der Waals surface area contributed by atoms with Crippen molar-refractivity contribution < 1.29 is 5.11 Å². The van der Waals surface area contributed by atoms with Crippen LogP contribution in [0.25, 0.3) is 0 Å². The van der Waals surface area contributed by atoms with Gasteiger partial charge in [-0.2, -0.15) is 14.7 Å². The Hall–Kier alpha value is -1.08. The van der Waals surface area contributed by atoms with Gasteiger partial charge in [-0.1, -0.05) is 15.9 Å². The minimum Gasteiger partial charge on any atom is -0.506 e. The van der Waals surface area contributed by atoms with Crippen LogP contribution >= 0.6 is 55.2 Å². The van der Waals surface area contributed by atoms with E-state index in [9.17, 15) is 5.11 Å². The fraction of sp³-hybridized carbons (Fsp3) is 0.0833. The van der Waals surface area contributed by atoms with Gasteiger partial charge in [-0.3, -0.25) is 5.43 Å². The van der Waals surface area contributed by atoms with Gasteiger partial charge in [0.05, 0.1) is 10.7 Å². The lowest BCUT2D eigenvalue weighted by atomic mass is 10.2. The standard InChI is InChI=1S/C12H8Br2N4OS2/c1-20-12-8(4-15)11(21-18-12)17-16-5-6-2-7(13)3-9(14)10(6)19/h2-3,5,17,19H,1H3. The second-order valence-corrected chi connectivity index (χ2v) is 7.04. The number of aromatic nitrogens is 1. The molecule has 1 aromatic heterocycles. The number of halogens is 2. The third kappa shape index (κ3) is 3.77. The molecule has 2 N–H and O–H groups in total. The number of nitrogens with zero attached hydrogens (tertiary/aromatic N) is 3. The van der Waals surface area contributed by atoms with E-state index in [2.05, 4.69) is 52.8 Å². The first-order chi connectivity index (χ1) is 10.1. The van der Waals surface area contributed by atoms with E-state index in [1.165, 1.54) is 29.5 Å². The topological polar surface area (TPSA) is 81.3 Å². The lowest BCUT2D eigenvalue weighted by Gasteiger charge is -2.02. The van der Waals surface area contributed by atoms with Gasteiger partial charge in [0, 0.05) is 10.0 Å². The fourth-order valence-corrected chi connectivity index (χ4v) is 4.11. The van der Waals surface area contributed by atoms with Crippen LogP contribution < -0.4 is 5.43 Å². The minimum absolute atomic E-state index is 0.0957. The average molecular weight is 448 g/mol. The highest BCUT2D eigenvalue weighted by molar-refractivity contribution is 9.11. The van der Waals surface area contributed by atoms with Crippen LogP contribution in [-0.2, 0) is 0 Å². The Morgan fingerprint density at radius 2 is 2.29 bits per heavy atom. The number of phenolic OH excluding ortho intramolecular Hbond substituents is 1. The number of rotatable bonds is 4. The normalized spacial score (nSPS) is 10.8. The molecule has 0 atom stereocenters. The fourth-order valence-electron chi connectivity index (χ4n) is 1.43. The molecule has 0 aliphatic heterocycles. The number of phenols is 1. The monoisotopic (exact) mass is 446 g/mol. The molecule has 2 aromatic rings. The summed E-state index contributed by atoms with van der Waals surface area (Å²) >= 11 is 9.18. The second kappa shape index (κ2) is 7.26. The van der Waals surface area contributed by atoms with Crippen LogP contribution in [-0.4, -0.2) is 22.0 Å². The smallest absolute Gasteiger partial charge is 0.148 e. The van der Waals surface area contributed by atoms with Crippen LogP contribution in [0.3, 0.4) is 0 Å². The zero-order valence-electron chi connectivity index (χ0n) is 10.6. The molecule has 0 saturated heterocycles. The van der Waals surface area contributed by atoms with Crippen molar-refractivity contribution in [2.24, 2.45) is 5.10 Å². The predicted octanol–water partition coefficient (Wildman–Crippen LogP) is 4.41. The molecule has 1 aromatic carbocycles. The van der Waals surface area contributed by atoms with E-state index >= 15 is 0 Å². The van der Waals surface area contributed by atoms with Crippen molar-refractivity contribution >= 4 is 66.4 Å². The number of nitrogens with one attached hydrogen (secondary N) is 1. The summed E-state index contributed by atoms with van der Waals surface area (Å²) in [5.74, 6) is 0.0957. The zero-order chi connectivity index (χ0) is 15.4. The number of hydrazone groups is 1. The highest BCUT2D eigenvalue weighted by Crippen LogP contribution is 2.31. The van der Waals surface area contributed by atoms with Crippen LogP contribution in [0, 0.1) is 11.3 Å². The molecule has 0 spiro atoms. The molecule has 9 heteroatoms. The maximum absolute atomic E-state index is 9.91. The summed E-state index contributed by atoms with van der Waals surface area (Å²) in [5.41, 5.74) is 3.80. The maximum Gasteiger partial charge on any atom is 0.148 e. The summed E-state index contributed by atoms with van der Waals surface area (Å²) in [6, 6.07) is 5.57. The number of hydrogen-bond donors (Lipinski definition) is 2. The van der Waals surface area contributed by atoms with E-state index in [1.54, 1.807) is 12.1 Å². The van der Waals surface area contributed by atoms with Crippen molar-refractivity contribution in [3.63, 3.8) is 0 Å². The first-order valence-corrected chi connectivity index (χ1v) is 9.06. The van der Waals surface area contributed by atoms with Crippen molar-refractivity contribution in [3.8, 4) is 11.8 Å². The molecule has 108 valence electrons. The number of thioether (sulfide) groups is 1. The quantitative estimate of drug-likeness (QED) is 0.412. The Morgan fingerprint density at radius 3 is 2.95 bits per heavy atom. The van der Waals surface area contributed by atoms with Gasteiger partial charge in [0.2, 0.25) is 0 Å². The van der Waals surface area contributed by atoms with E-state index in [4.69, 9.17) is 5.26 Å². The Morgan fingerprint density at radius 1 is 1.52 bits per heavy atom. The minimum atomic E-state index is 0.0957. The van der Waals surface area contributed by atoms with Crippen molar-refractivity contribution in [1.29, 1.82) is 5.26 Å². The number of aromatic hydroxyl groups is 1. The molecule has 0 radical (unpaired) electrons. The van der Waals surface area contributed by atoms with Crippen LogP contribution in [0.15, 0.2) is 31.2 Å². The van der Waals surface area contributed by atoms with E-state index in [0.717, 1.165) is 4.47 Å². The number of nitriles is 1. The molecule has 1 heterocycles. The third-order valence-corrected chi connectivity index (χ3v) is 5.01. The van der Waals surface area contributed by atoms with Gasteiger partial charge < -0.3 is 5.11 Å². The Labute approximate surface area is 146 Å². The zero-order valence-corrected chi connectivity index (χ0v) is 15.4. The molecule has 2 rings (SSSR count). The van der Waals surface area contributed by atoms with Gasteiger partial charge in [0.1, 0.15) is 27.4 Å². The first kappa shape index (κ1) is 16.3. The van der Waals surface area contributed by atoms with Crippen molar-refractivity contribution in [2.75, 3.05) is 11.7 Å². The largest absolute Gasteiger partial charge is 0.506 e. The van der Waals surface area contributed by atoms with Gasteiger partial charge in [-0.15, -0.1) is 11.8 Å². The summed E-state index contributed by atoms with van der Waals surface area (Å²) in [4.78, 5) is 0. The third-order valence-electron chi connectivity index (χ3n) is 2.39. The molecule has 0 aliphatic carbocycles. The van der Waals surface area contributed by atoms with Gasteiger partial charge in [0.25, 0.3) is 0 Å². The molecular weight excluding hydrogens is 440 g/mol. The van der Waals surface area contributed by atoms with E-state index in [-0.39, 0.29) is 5.75 Å². The number of hydrogen-bond acceptors (Lipinski definition) is 7. The van der Waals surface area contributed by atoms with Gasteiger partial charge >= 0.3 is 0 Å². The van der Waals surface area contributed by atoms with Crippen molar-refractivity contribution in [1.82, 2.24) is 4.37 Å². The second-order valence-electron chi connectivity index (χ2n) is 3.70. The summed E-state index contributed by atoms with van der Waals surface area (Å²) in [7, 11) is 0. The highest BCUT2D eigenvalue weighted by atomic mass is 79.9. The summed E-state index contributed by atoms with van der Waals surface area (Å²) in [5, 5.41) is 24.3. The van der Waals surface area contributed by atoms with Crippen LogP contribution in [0.5, 0.6) is 5.75 Å². The Kier molecular flexibility index (Phi) is 5.64. The van der Waals surface area contributed by atoms with Crippen molar-refractivity contribution in [2.45, 2.75) is 5.03 Å². The maximum atomic E-state index is 9.91. The molecule has 0 amide bonds. The number of anilines is 1. The van der Waals surface area contributed by atoms with Crippen molar-refractivity contribution in [3.05, 3.63) is 32.2 Å².